The zero-order chi connectivity index (χ0) is 58.9. The zero-order valence-electron chi connectivity index (χ0n) is 44.7. The molecule has 0 spiro atoms. The number of rotatable bonds is 24. The Kier molecular flexibility index (Phi) is 20.5. The van der Waals surface area contributed by atoms with Crippen LogP contribution in [0.4, 0.5) is 0 Å². The summed E-state index contributed by atoms with van der Waals surface area (Å²) in [6.45, 7) is -10.2. The van der Waals surface area contributed by atoms with Crippen LogP contribution in [-0.4, -0.2) is 60.8 Å². The van der Waals surface area contributed by atoms with Gasteiger partial charge in [-0.25, -0.2) is 14.6 Å². The molecule has 8 aromatic rings. The van der Waals surface area contributed by atoms with Crippen molar-refractivity contribution in [1.82, 2.24) is 14.6 Å². The highest BCUT2D eigenvalue weighted by atomic mass is 32.5. The Morgan fingerprint density at radius 3 is 0.976 bits per heavy atom. The quantitative estimate of drug-likeness (QED) is 0.0257. The Bertz CT molecular complexity index is 3600. The average molecular weight is 1230 g/mol. The molecule has 0 atom stereocenters. The van der Waals surface area contributed by atoms with Crippen LogP contribution >= 0.6 is 27.0 Å². The summed E-state index contributed by atoms with van der Waals surface area (Å²) in [5.74, 6) is 8.59. The fourth-order valence-electron chi connectivity index (χ4n) is 7.54. The van der Waals surface area contributed by atoms with Crippen LogP contribution in [0.15, 0.2) is 221 Å². The second-order valence-electron chi connectivity index (χ2n) is 17.8. The van der Waals surface area contributed by atoms with Crippen molar-refractivity contribution in [2.45, 2.75) is 0 Å². The molecule has 8 aromatic carbocycles. The number of nitrogens with zero attached hydrogens (tertiary/aromatic N) is 10. The predicted molar refractivity (Wildman–Crippen MR) is 338 cm³/mol. The molecule has 0 heterocycles. The first kappa shape index (κ1) is 60.7. The molecule has 0 bridgehead atoms. The van der Waals surface area contributed by atoms with Crippen molar-refractivity contribution >= 4 is 85.4 Å². The Labute approximate surface area is 497 Å². The van der Waals surface area contributed by atoms with E-state index in [2.05, 4.69) is 34.5 Å². The van der Waals surface area contributed by atoms with Crippen LogP contribution in [-0.2, 0) is 35.4 Å². The van der Waals surface area contributed by atoms with Crippen molar-refractivity contribution in [2.75, 3.05) is 33.8 Å². The normalized spacial score (nSPS) is 11.6. The summed E-state index contributed by atoms with van der Waals surface area (Å²) in [6.07, 6.45) is 3.71. The van der Waals surface area contributed by atoms with E-state index in [9.17, 15) is 21.0 Å². The van der Waals surface area contributed by atoms with Crippen LogP contribution in [0.2, 0.25) is 0 Å². The number of nitriles is 4. The summed E-state index contributed by atoms with van der Waals surface area (Å²) in [4.78, 5) is 0. The van der Waals surface area contributed by atoms with Gasteiger partial charge in [0.15, 0.2) is 0 Å². The van der Waals surface area contributed by atoms with E-state index in [1.54, 1.807) is 177 Å². The lowest BCUT2D eigenvalue weighted by molar-refractivity contribution is 0.372. The van der Waals surface area contributed by atoms with E-state index < -0.39 is 27.0 Å². The van der Waals surface area contributed by atoms with E-state index in [0.29, 0.717) is 80.6 Å². The van der Waals surface area contributed by atoms with Gasteiger partial charge in [-0.2, -0.15) is 35.8 Å². The summed E-state index contributed by atoms with van der Waals surface area (Å²) >= 11 is 18.7. The van der Waals surface area contributed by atoms with Crippen molar-refractivity contribution in [1.29, 1.82) is 21.0 Å². The van der Waals surface area contributed by atoms with Gasteiger partial charge in [0, 0.05) is 76.3 Å². The Morgan fingerprint density at radius 2 is 0.699 bits per heavy atom. The lowest BCUT2D eigenvalue weighted by atomic mass is 10.2. The third-order valence-electron chi connectivity index (χ3n) is 11.9. The molecule has 0 fully saturated rings. The molecule has 416 valence electrons. The molecule has 2 N–H and O–H groups in total. The first-order chi connectivity index (χ1) is 40.0. The molecular formula is C59H51N11O6P4S3. The summed E-state index contributed by atoms with van der Waals surface area (Å²) < 4.78 is 47.5. The van der Waals surface area contributed by atoms with Gasteiger partial charge in [-0.3, -0.25) is 5.84 Å². The maximum Gasteiger partial charge on any atom is 0.413 e. The van der Waals surface area contributed by atoms with E-state index in [1.165, 1.54) is 9.56 Å². The first-order valence-electron chi connectivity index (χ1n) is 25.0. The standard InChI is InChI=1S/C59H51N11O6P4S3/c1-68(64)38-39-77(58-10-6-4-7-11-58,59-12-8-5-9-13-59)67-78(81,71-52-34-22-50(23-35-52)44-65-69(2)79(82,73-54-26-14-46(40-60)15-27-54)74-55-28-16-47(41-61)17-29-55)72-53-36-24-51(25-37-53)45-66-70(3)80(83,75-56-30-18-48(42-62)19-31-56)76-57-32-20-49(43-63)21-33-57/h4-37,44-45H,38-39,64H2,1-3H3/b65-44+,66-45+. The van der Waals surface area contributed by atoms with E-state index in [-0.39, 0.29) is 0 Å². The molecule has 83 heavy (non-hydrogen) atoms. The summed E-state index contributed by atoms with van der Waals surface area (Å²) in [6, 6.07) is 68.6. The third kappa shape index (κ3) is 16.4. The third-order valence-corrected chi connectivity index (χ3v) is 24.8. The smallest absolute Gasteiger partial charge is 0.413 e. The molecule has 0 saturated heterocycles. The molecule has 0 saturated carbocycles. The molecule has 0 aliphatic carbocycles. The van der Waals surface area contributed by atoms with Crippen LogP contribution in [0.5, 0.6) is 34.5 Å². The number of hydrogen-bond acceptors (Lipinski definition) is 17. The fraction of sp³-hybridized carbons (Fsp3) is 0.0847. The van der Waals surface area contributed by atoms with E-state index in [1.807, 2.05) is 67.7 Å². The van der Waals surface area contributed by atoms with Gasteiger partial charge in [0.1, 0.15) is 34.5 Å². The van der Waals surface area contributed by atoms with Gasteiger partial charge in [-0.1, -0.05) is 60.7 Å². The Balaban J connectivity index is 1.10. The van der Waals surface area contributed by atoms with Crippen molar-refractivity contribution in [3.63, 3.8) is 0 Å². The molecule has 0 aliphatic rings. The topological polar surface area (TPSA) is 223 Å². The molecular weight excluding hydrogens is 1180 g/mol. The molecule has 0 radical (unpaired) electrons. The van der Waals surface area contributed by atoms with Gasteiger partial charge in [0.25, 0.3) is 0 Å². The van der Waals surface area contributed by atoms with Crippen LogP contribution in [0, 0.1) is 45.3 Å². The summed E-state index contributed by atoms with van der Waals surface area (Å²) in [5.41, 5.74) is 3.11. The molecule has 17 nitrogen and oxygen atoms in total. The van der Waals surface area contributed by atoms with Gasteiger partial charge in [0.05, 0.1) is 59.0 Å². The molecule has 8 rings (SSSR count). The van der Waals surface area contributed by atoms with Crippen molar-refractivity contribution < 1.29 is 27.1 Å². The molecule has 0 unspecified atom stereocenters. The monoisotopic (exact) mass is 1230 g/mol. The maximum absolute atomic E-state index is 9.37. The van der Waals surface area contributed by atoms with Crippen molar-refractivity contribution in [3.8, 4) is 58.8 Å². The van der Waals surface area contributed by atoms with Crippen molar-refractivity contribution in [2.24, 2.45) is 20.6 Å². The van der Waals surface area contributed by atoms with Gasteiger partial charge in [0.2, 0.25) is 0 Å². The molecule has 0 aromatic heterocycles. The lowest BCUT2D eigenvalue weighted by Crippen LogP contribution is -2.32. The number of hydrazine groups is 1. The number of hydrazone groups is 2. The lowest BCUT2D eigenvalue weighted by Gasteiger charge is -2.30. The van der Waals surface area contributed by atoms with Crippen LogP contribution < -0.4 is 43.6 Å². The van der Waals surface area contributed by atoms with Crippen molar-refractivity contribution in [3.05, 3.63) is 240 Å². The van der Waals surface area contributed by atoms with Gasteiger partial charge < -0.3 is 27.1 Å². The largest absolute Gasteiger partial charge is 0.420 e. The predicted octanol–water partition coefficient (Wildman–Crippen LogP) is 12.8. The van der Waals surface area contributed by atoms with Crippen LogP contribution in [0.25, 0.3) is 0 Å². The number of benzene rings is 8. The van der Waals surface area contributed by atoms with Gasteiger partial charge >= 0.3 is 19.9 Å². The summed E-state index contributed by atoms with van der Waals surface area (Å²) in [7, 11) is 2.26. The zero-order valence-corrected chi connectivity index (χ0v) is 50.7. The second-order valence-corrected chi connectivity index (χ2v) is 30.8. The van der Waals surface area contributed by atoms with E-state index in [4.69, 9.17) is 72.9 Å². The maximum atomic E-state index is 9.37. The second kappa shape index (κ2) is 28.0. The van der Waals surface area contributed by atoms with Crippen LogP contribution in [0.3, 0.4) is 0 Å². The van der Waals surface area contributed by atoms with Gasteiger partial charge in [-0.05, 0) is 167 Å². The highest BCUT2D eigenvalue weighted by molar-refractivity contribution is 8.11. The molecule has 0 amide bonds. The van der Waals surface area contributed by atoms with Crippen LogP contribution in [0.1, 0.15) is 33.4 Å². The Hall–Kier alpha value is -8.44. The first-order valence-corrected chi connectivity index (χ1v) is 34.7. The minimum Gasteiger partial charge on any atom is -0.420 e. The average Bonchev–Trinajstić information content (AvgIpc) is 3.34. The minimum absolute atomic E-state index is 0.374. The number of hydrogen-bond donors (Lipinski definition) is 1. The van der Waals surface area contributed by atoms with E-state index in [0.717, 1.165) is 10.6 Å². The Morgan fingerprint density at radius 1 is 0.422 bits per heavy atom. The molecule has 24 heteroatoms. The number of nitrogens with two attached hydrogens (primary N) is 1. The summed E-state index contributed by atoms with van der Waals surface area (Å²) in [5, 5.41) is 50.3. The highest BCUT2D eigenvalue weighted by Gasteiger charge is 2.34. The SMILES string of the molecule is CN(N)CCP(=NP(=S)(Oc1ccc(/C=N/N(C)P(=S)(Oc2ccc(C#N)cc2)Oc2ccc(C#N)cc2)cc1)Oc1ccc(/C=N/N(C)P(=S)(Oc2ccc(C#N)cc2)Oc2ccc(C#N)cc2)cc1)(c1ccccc1)c1ccccc1. The minimum atomic E-state index is -3.76. The van der Waals surface area contributed by atoms with E-state index >= 15 is 0 Å². The fourth-order valence-corrected chi connectivity index (χ4v) is 19.5. The molecule has 0 aliphatic heterocycles. The highest BCUT2D eigenvalue weighted by Crippen LogP contribution is 2.62. The van der Waals surface area contributed by atoms with Gasteiger partial charge in [-0.15, -0.1) is 0 Å².